The molecule has 150 valence electrons. The van der Waals surface area contributed by atoms with Crippen LogP contribution < -0.4 is 14.9 Å². The summed E-state index contributed by atoms with van der Waals surface area (Å²) in [5, 5.41) is 1.10. The van der Waals surface area contributed by atoms with E-state index >= 15 is 0 Å². The zero-order chi connectivity index (χ0) is 21.0. The van der Waals surface area contributed by atoms with Crippen LogP contribution in [0.5, 0.6) is 11.5 Å². The first-order valence-corrected chi connectivity index (χ1v) is 10.9. The molecule has 0 radical (unpaired) electrons. The number of nitrogens with zero attached hydrogens (tertiary/aromatic N) is 1. The van der Waals surface area contributed by atoms with E-state index in [1.54, 1.807) is 43.5 Å². The number of hydrazine groups is 1. The van der Waals surface area contributed by atoms with Gasteiger partial charge in [-0.15, -0.1) is 0 Å². The molecule has 1 N–H and O–H groups in total. The third kappa shape index (κ3) is 4.90. The average Bonchev–Trinajstić information content (AvgIpc) is 2.96. The molecule has 0 bridgehead atoms. The highest BCUT2D eigenvalue weighted by Crippen LogP contribution is 2.37. The maximum absolute atomic E-state index is 12.8. The number of benzene rings is 2. The van der Waals surface area contributed by atoms with E-state index in [1.165, 1.54) is 0 Å². The van der Waals surface area contributed by atoms with Gasteiger partial charge in [-0.1, -0.05) is 30.0 Å². The zero-order valence-electron chi connectivity index (χ0n) is 15.6. The molecule has 0 saturated carbocycles. The number of carbonyl (C=O) groups excluding carboxylic acids is 2. The molecule has 0 atom stereocenters. The van der Waals surface area contributed by atoms with Crippen molar-refractivity contribution in [3.8, 4) is 11.5 Å². The van der Waals surface area contributed by atoms with Gasteiger partial charge >= 0.3 is 0 Å². The van der Waals surface area contributed by atoms with Crippen LogP contribution in [0.3, 0.4) is 0 Å². The highest BCUT2D eigenvalue weighted by molar-refractivity contribution is 14.1. The van der Waals surface area contributed by atoms with Gasteiger partial charge in [0.1, 0.15) is 0 Å². The Kier molecular flexibility index (Phi) is 7.14. The summed E-state index contributed by atoms with van der Waals surface area (Å²) in [7, 11) is 1.58. The van der Waals surface area contributed by atoms with Crippen LogP contribution in [0.4, 0.5) is 0 Å². The first kappa shape index (κ1) is 21.6. The molecule has 3 rings (SSSR count). The lowest BCUT2D eigenvalue weighted by molar-refractivity contribution is -0.123. The molecule has 1 fully saturated rings. The van der Waals surface area contributed by atoms with Crippen LogP contribution in [0.15, 0.2) is 47.4 Å². The smallest absolute Gasteiger partial charge is 0.285 e. The van der Waals surface area contributed by atoms with Crippen molar-refractivity contribution in [2.45, 2.75) is 6.92 Å². The van der Waals surface area contributed by atoms with Gasteiger partial charge in [-0.3, -0.25) is 15.0 Å². The number of halogens is 1. The SMILES string of the molecule is CCOc1cc(/C=C2/SC(=S)N(NC(=O)c3ccccc3)C2=O)cc(I)c1OC. The first-order chi connectivity index (χ1) is 13.9. The predicted octanol–water partition coefficient (Wildman–Crippen LogP) is 4.24. The van der Waals surface area contributed by atoms with Crippen molar-refractivity contribution in [1.29, 1.82) is 0 Å². The Morgan fingerprint density at radius 2 is 2.03 bits per heavy atom. The molecule has 1 heterocycles. The Morgan fingerprint density at radius 3 is 2.69 bits per heavy atom. The molecule has 1 saturated heterocycles. The lowest BCUT2D eigenvalue weighted by atomic mass is 10.2. The zero-order valence-corrected chi connectivity index (χ0v) is 19.4. The molecule has 0 aliphatic carbocycles. The lowest BCUT2D eigenvalue weighted by Gasteiger charge is -2.15. The molecule has 2 aromatic carbocycles. The third-order valence-electron chi connectivity index (χ3n) is 3.88. The first-order valence-electron chi connectivity index (χ1n) is 8.59. The van der Waals surface area contributed by atoms with Gasteiger partial charge in [0, 0.05) is 5.56 Å². The molecule has 29 heavy (non-hydrogen) atoms. The predicted molar refractivity (Wildman–Crippen MR) is 126 cm³/mol. The van der Waals surface area contributed by atoms with E-state index in [0.29, 0.717) is 28.6 Å². The molecule has 2 aromatic rings. The number of hydrogen-bond acceptors (Lipinski definition) is 6. The van der Waals surface area contributed by atoms with E-state index < -0.39 is 5.91 Å². The number of amides is 2. The number of nitrogens with one attached hydrogen (secondary N) is 1. The van der Waals surface area contributed by atoms with Crippen molar-refractivity contribution in [2.75, 3.05) is 13.7 Å². The van der Waals surface area contributed by atoms with Crippen LogP contribution in [-0.4, -0.2) is 34.9 Å². The number of carbonyl (C=O) groups is 2. The Labute approximate surface area is 191 Å². The van der Waals surface area contributed by atoms with Crippen LogP contribution in [0.2, 0.25) is 0 Å². The maximum atomic E-state index is 12.8. The second-order valence-corrected chi connectivity index (χ2v) is 8.63. The van der Waals surface area contributed by atoms with Crippen molar-refractivity contribution in [2.24, 2.45) is 0 Å². The summed E-state index contributed by atoms with van der Waals surface area (Å²) in [6.07, 6.45) is 1.72. The minimum absolute atomic E-state index is 0.263. The number of ether oxygens (including phenoxy) is 2. The van der Waals surface area contributed by atoms with Crippen LogP contribution in [-0.2, 0) is 4.79 Å². The summed E-state index contributed by atoms with van der Waals surface area (Å²) >= 11 is 8.56. The summed E-state index contributed by atoms with van der Waals surface area (Å²) in [5.74, 6) is 0.460. The molecule has 9 heteroatoms. The van der Waals surface area contributed by atoms with Gasteiger partial charge in [0.2, 0.25) is 0 Å². The normalized spacial score (nSPS) is 15.0. The number of hydrogen-bond donors (Lipinski definition) is 1. The van der Waals surface area contributed by atoms with Crippen molar-refractivity contribution >= 4 is 68.8 Å². The summed E-state index contributed by atoms with van der Waals surface area (Å²) < 4.78 is 12.2. The van der Waals surface area contributed by atoms with Gasteiger partial charge in [-0.2, -0.15) is 5.01 Å². The van der Waals surface area contributed by atoms with Crippen LogP contribution in [0.1, 0.15) is 22.8 Å². The lowest BCUT2D eigenvalue weighted by Crippen LogP contribution is -2.44. The van der Waals surface area contributed by atoms with Gasteiger partial charge in [0.05, 0.1) is 22.2 Å². The standard InChI is InChI=1S/C20H17IN2O4S2/c1-3-27-15-10-12(9-14(21)17(15)26-2)11-16-19(25)23(20(28)29-16)22-18(24)13-7-5-4-6-8-13/h4-11H,3H2,1-2H3,(H,22,24)/b16-11+. The third-order valence-corrected chi connectivity index (χ3v) is 5.98. The van der Waals surface area contributed by atoms with E-state index in [4.69, 9.17) is 21.7 Å². The molecule has 6 nitrogen and oxygen atoms in total. The molecule has 1 aliphatic heterocycles. The molecular weight excluding hydrogens is 523 g/mol. The van der Waals surface area contributed by atoms with E-state index in [-0.39, 0.29) is 10.2 Å². The van der Waals surface area contributed by atoms with Crippen molar-refractivity contribution < 1.29 is 19.1 Å². The van der Waals surface area contributed by atoms with Gasteiger partial charge in [0.15, 0.2) is 15.8 Å². The minimum Gasteiger partial charge on any atom is -0.492 e. The fraction of sp³-hybridized carbons (Fsp3) is 0.150. The molecule has 0 spiro atoms. The topological polar surface area (TPSA) is 67.9 Å². The van der Waals surface area contributed by atoms with E-state index in [2.05, 4.69) is 28.0 Å². The Morgan fingerprint density at radius 1 is 1.31 bits per heavy atom. The average molecular weight is 540 g/mol. The van der Waals surface area contributed by atoms with Crippen LogP contribution in [0.25, 0.3) is 6.08 Å². The van der Waals surface area contributed by atoms with Gasteiger partial charge in [-0.05, 0) is 77.6 Å². The van der Waals surface area contributed by atoms with Crippen LogP contribution >= 0.6 is 46.6 Å². The van der Waals surface area contributed by atoms with Crippen molar-refractivity contribution in [3.63, 3.8) is 0 Å². The molecular formula is C20H17IN2O4S2. The Balaban J connectivity index is 1.84. The van der Waals surface area contributed by atoms with Gasteiger partial charge in [0.25, 0.3) is 11.8 Å². The summed E-state index contributed by atoms with van der Waals surface area (Å²) in [4.78, 5) is 25.6. The number of methoxy groups -OCH3 is 1. The number of thiocarbonyl (C=S) groups is 1. The van der Waals surface area contributed by atoms with Crippen molar-refractivity contribution in [3.05, 3.63) is 62.1 Å². The summed E-state index contributed by atoms with van der Waals surface area (Å²) in [6, 6.07) is 12.3. The highest BCUT2D eigenvalue weighted by atomic mass is 127. The highest BCUT2D eigenvalue weighted by Gasteiger charge is 2.33. The minimum atomic E-state index is -0.402. The summed E-state index contributed by atoms with van der Waals surface area (Å²) in [6.45, 7) is 2.38. The molecule has 1 aliphatic rings. The van der Waals surface area contributed by atoms with Gasteiger partial charge in [-0.25, -0.2) is 0 Å². The molecule has 2 amide bonds. The molecule has 0 aromatic heterocycles. The maximum Gasteiger partial charge on any atom is 0.285 e. The largest absolute Gasteiger partial charge is 0.492 e. The van der Waals surface area contributed by atoms with E-state index in [0.717, 1.165) is 25.9 Å². The molecule has 0 unspecified atom stereocenters. The Bertz CT molecular complexity index is 995. The second-order valence-electron chi connectivity index (χ2n) is 5.79. The number of rotatable bonds is 6. The fourth-order valence-electron chi connectivity index (χ4n) is 2.60. The van der Waals surface area contributed by atoms with Gasteiger partial charge < -0.3 is 9.47 Å². The number of thioether (sulfide) groups is 1. The van der Waals surface area contributed by atoms with Crippen LogP contribution in [0, 0.1) is 3.57 Å². The quantitative estimate of drug-likeness (QED) is 0.336. The monoisotopic (exact) mass is 540 g/mol. The van der Waals surface area contributed by atoms with E-state index in [9.17, 15) is 9.59 Å². The second kappa shape index (κ2) is 9.59. The summed E-state index contributed by atoms with van der Waals surface area (Å²) in [5.41, 5.74) is 3.78. The Hall–Kier alpha value is -2.11. The van der Waals surface area contributed by atoms with Crippen molar-refractivity contribution in [1.82, 2.24) is 10.4 Å². The van der Waals surface area contributed by atoms with E-state index in [1.807, 2.05) is 19.1 Å². The fourth-order valence-corrected chi connectivity index (χ4v) is 4.63.